The molecule has 2 aromatic rings. The highest BCUT2D eigenvalue weighted by Crippen LogP contribution is 2.34. The van der Waals surface area contributed by atoms with Crippen molar-refractivity contribution >= 4 is 33.4 Å². The normalized spacial score (nSPS) is 12.2. The Balaban J connectivity index is 2.46. The summed E-state index contributed by atoms with van der Waals surface area (Å²) in [5.74, 6) is -1.56. The second kappa shape index (κ2) is 5.62. The van der Waals surface area contributed by atoms with Gasteiger partial charge in [0.1, 0.15) is 17.3 Å². The molecule has 8 heteroatoms. The molecule has 5 nitrogen and oxygen atoms in total. The van der Waals surface area contributed by atoms with Crippen LogP contribution in [0.3, 0.4) is 0 Å². The second-order valence-corrected chi connectivity index (χ2v) is 5.12. The minimum absolute atomic E-state index is 0.114. The Labute approximate surface area is 120 Å². The molecule has 1 N–H and O–H groups in total. The lowest BCUT2D eigenvalue weighted by Crippen LogP contribution is -2.23. The molecule has 1 atom stereocenters. The summed E-state index contributed by atoms with van der Waals surface area (Å²) in [5, 5.41) is 14.4. The maximum Gasteiger partial charge on any atom is 0.344 e. The fraction of sp³-hybridized carbons (Fsp3) is 0.182. The maximum absolute atomic E-state index is 13.5. The zero-order valence-electron chi connectivity index (χ0n) is 9.63. The molecule has 0 saturated heterocycles. The van der Waals surface area contributed by atoms with Crippen molar-refractivity contribution in [2.75, 3.05) is 0 Å². The van der Waals surface area contributed by atoms with Crippen molar-refractivity contribution in [2.45, 2.75) is 13.0 Å². The van der Waals surface area contributed by atoms with Crippen molar-refractivity contribution in [3.8, 4) is 17.0 Å². The first kappa shape index (κ1) is 13.9. The molecule has 2 rings (SSSR count). The number of rotatable bonds is 4. The van der Waals surface area contributed by atoms with Crippen molar-refractivity contribution < 1.29 is 19.0 Å². The van der Waals surface area contributed by atoms with Gasteiger partial charge in [-0.2, -0.15) is 0 Å². The van der Waals surface area contributed by atoms with Crippen LogP contribution in [0.4, 0.5) is 4.39 Å². The van der Waals surface area contributed by atoms with E-state index < -0.39 is 17.9 Å². The number of hydrogen-bond donors (Lipinski definition) is 1. The summed E-state index contributed by atoms with van der Waals surface area (Å²) < 4.78 is 22.7. The summed E-state index contributed by atoms with van der Waals surface area (Å²) >= 11 is 4.21. The molecule has 100 valence electrons. The Morgan fingerprint density at radius 1 is 1.58 bits per heavy atom. The van der Waals surface area contributed by atoms with Gasteiger partial charge in [0.05, 0.1) is 4.47 Å². The van der Waals surface area contributed by atoms with Crippen molar-refractivity contribution in [1.29, 1.82) is 0 Å². The number of carbonyl (C=O) groups is 1. The highest BCUT2D eigenvalue weighted by Gasteiger charge is 2.19. The standard InChI is InChI=1S/C11H8BrFN2O3S/c1-5(11(16)17)18-10-3-8(13)7(12)2-6(10)9-4-19-15-14-9/h2-5H,1H3,(H,16,17). The molecule has 0 aliphatic carbocycles. The zero-order valence-corrected chi connectivity index (χ0v) is 12.0. The lowest BCUT2D eigenvalue weighted by atomic mass is 10.1. The van der Waals surface area contributed by atoms with Crippen molar-refractivity contribution in [3.63, 3.8) is 0 Å². The molecule has 0 aliphatic rings. The molecule has 0 spiro atoms. The number of halogens is 2. The van der Waals surface area contributed by atoms with Gasteiger partial charge < -0.3 is 9.84 Å². The lowest BCUT2D eigenvalue weighted by Gasteiger charge is -2.14. The van der Waals surface area contributed by atoms with E-state index in [4.69, 9.17) is 9.84 Å². The van der Waals surface area contributed by atoms with Crippen LogP contribution in [0, 0.1) is 5.82 Å². The Morgan fingerprint density at radius 2 is 2.32 bits per heavy atom. The number of ether oxygens (including phenoxy) is 1. The van der Waals surface area contributed by atoms with E-state index in [1.54, 1.807) is 5.38 Å². The monoisotopic (exact) mass is 346 g/mol. The van der Waals surface area contributed by atoms with Gasteiger partial charge in [0, 0.05) is 17.0 Å². The molecular formula is C11H8BrFN2O3S. The Kier molecular flexibility index (Phi) is 4.11. The molecule has 1 heterocycles. The second-order valence-electron chi connectivity index (χ2n) is 3.65. The van der Waals surface area contributed by atoms with E-state index in [-0.39, 0.29) is 10.2 Å². The van der Waals surface area contributed by atoms with Gasteiger partial charge in [0.25, 0.3) is 0 Å². The van der Waals surface area contributed by atoms with Gasteiger partial charge in [-0.1, -0.05) is 4.49 Å². The Hall–Kier alpha value is -1.54. The predicted octanol–water partition coefficient (Wildman–Crippen LogP) is 2.96. The summed E-state index contributed by atoms with van der Waals surface area (Å²) in [4.78, 5) is 10.8. The van der Waals surface area contributed by atoms with Gasteiger partial charge in [-0.3, -0.25) is 0 Å². The molecule has 1 unspecified atom stereocenters. The largest absolute Gasteiger partial charge is 0.479 e. The number of aliphatic carboxylic acids is 1. The van der Waals surface area contributed by atoms with E-state index in [1.807, 2.05) is 0 Å². The molecule has 1 aromatic carbocycles. The highest BCUT2D eigenvalue weighted by atomic mass is 79.9. The molecule has 0 bridgehead atoms. The summed E-state index contributed by atoms with van der Waals surface area (Å²) in [5.41, 5.74) is 0.980. The number of carboxylic acids is 1. The van der Waals surface area contributed by atoms with Crippen LogP contribution in [0.1, 0.15) is 6.92 Å². The Bertz CT molecular complexity index is 606. The maximum atomic E-state index is 13.5. The molecule has 0 aliphatic heterocycles. The van der Waals surface area contributed by atoms with Crippen LogP contribution in [0.2, 0.25) is 0 Å². The van der Waals surface area contributed by atoms with Crippen LogP contribution in [0.5, 0.6) is 5.75 Å². The first-order chi connectivity index (χ1) is 8.99. The third kappa shape index (κ3) is 3.07. The van der Waals surface area contributed by atoms with Gasteiger partial charge in [-0.15, -0.1) is 5.10 Å². The highest BCUT2D eigenvalue weighted by molar-refractivity contribution is 9.10. The summed E-state index contributed by atoms with van der Waals surface area (Å²) in [6, 6.07) is 2.61. The summed E-state index contributed by atoms with van der Waals surface area (Å²) in [7, 11) is 0. The topological polar surface area (TPSA) is 72.3 Å². The van der Waals surface area contributed by atoms with Crippen molar-refractivity contribution in [3.05, 3.63) is 27.8 Å². The SMILES string of the molecule is CC(Oc1cc(F)c(Br)cc1-c1csnn1)C(=O)O. The smallest absolute Gasteiger partial charge is 0.344 e. The number of aromatic nitrogens is 2. The minimum atomic E-state index is -1.13. The van der Waals surface area contributed by atoms with Gasteiger partial charge in [-0.05, 0) is 40.5 Å². The zero-order chi connectivity index (χ0) is 14.0. The van der Waals surface area contributed by atoms with E-state index in [9.17, 15) is 9.18 Å². The quantitative estimate of drug-likeness (QED) is 0.921. The Morgan fingerprint density at radius 3 is 2.89 bits per heavy atom. The van der Waals surface area contributed by atoms with Crippen LogP contribution in [0.25, 0.3) is 11.3 Å². The number of hydrogen-bond acceptors (Lipinski definition) is 5. The van der Waals surface area contributed by atoms with E-state index in [1.165, 1.54) is 13.0 Å². The summed E-state index contributed by atoms with van der Waals surface area (Å²) in [6.07, 6.45) is -1.09. The fourth-order valence-electron chi connectivity index (χ4n) is 1.35. The number of nitrogens with zero attached hydrogens (tertiary/aromatic N) is 2. The minimum Gasteiger partial charge on any atom is -0.479 e. The molecular weight excluding hydrogens is 339 g/mol. The fourth-order valence-corrected chi connectivity index (χ4v) is 2.15. The third-order valence-corrected chi connectivity index (χ3v) is 3.42. The first-order valence-corrected chi connectivity index (χ1v) is 6.78. The van der Waals surface area contributed by atoms with Crippen molar-refractivity contribution in [1.82, 2.24) is 9.59 Å². The van der Waals surface area contributed by atoms with E-state index in [2.05, 4.69) is 25.5 Å². The molecule has 0 saturated carbocycles. The number of carboxylic acid groups (broad SMARTS) is 1. The molecule has 1 aromatic heterocycles. The lowest BCUT2D eigenvalue weighted by molar-refractivity contribution is -0.144. The van der Waals surface area contributed by atoms with Crippen LogP contribution >= 0.6 is 27.5 Å². The molecule has 0 fully saturated rings. The summed E-state index contributed by atoms with van der Waals surface area (Å²) in [6.45, 7) is 1.37. The predicted molar refractivity (Wildman–Crippen MR) is 70.7 cm³/mol. The van der Waals surface area contributed by atoms with E-state index >= 15 is 0 Å². The van der Waals surface area contributed by atoms with Crippen LogP contribution in [-0.4, -0.2) is 26.8 Å². The van der Waals surface area contributed by atoms with Crippen LogP contribution < -0.4 is 4.74 Å². The van der Waals surface area contributed by atoms with E-state index in [0.29, 0.717) is 11.3 Å². The molecule has 0 amide bonds. The average Bonchev–Trinajstić information content (AvgIpc) is 2.86. The van der Waals surface area contributed by atoms with Gasteiger partial charge in [-0.25, -0.2) is 9.18 Å². The van der Waals surface area contributed by atoms with Gasteiger partial charge in [0.15, 0.2) is 6.10 Å². The first-order valence-electron chi connectivity index (χ1n) is 5.15. The molecule has 0 radical (unpaired) electrons. The van der Waals surface area contributed by atoms with Gasteiger partial charge in [0.2, 0.25) is 0 Å². The van der Waals surface area contributed by atoms with Crippen LogP contribution in [0.15, 0.2) is 22.0 Å². The van der Waals surface area contributed by atoms with Gasteiger partial charge >= 0.3 is 5.97 Å². The van der Waals surface area contributed by atoms with Crippen molar-refractivity contribution in [2.24, 2.45) is 0 Å². The van der Waals surface area contributed by atoms with Crippen LogP contribution in [-0.2, 0) is 4.79 Å². The third-order valence-electron chi connectivity index (χ3n) is 2.31. The molecule has 19 heavy (non-hydrogen) atoms. The number of benzene rings is 1. The van der Waals surface area contributed by atoms with E-state index in [0.717, 1.165) is 17.6 Å². The average molecular weight is 347 g/mol.